The molecule has 0 fully saturated rings. The fraction of sp³-hybridized carbons (Fsp3) is 0.636. The number of amides is 1. The summed E-state index contributed by atoms with van der Waals surface area (Å²) >= 11 is 0. The Morgan fingerprint density at radius 3 is 3.00 bits per heavy atom. The van der Waals surface area contributed by atoms with Gasteiger partial charge < -0.3 is 15.8 Å². The van der Waals surface area contributed by atoms with E-state index >= 15 is 0 Å². The van der Waals surface area contributed by atoms with Crippen LogP contribution in [0.5, 0.6) is 0 Å². The number of nitrogens with two attached hydrogens (primary N) is 1. The molecule has 0 aliphatic rings. The van der Waals surface area contributed by atoms with Crippen LogP contribution in [0.2, 0.25) is 0 Å². The van der Waals surface area contributed by atoms with Gasteiger partial charge in [-0.15, -0.1) is 0 Å². The molecule has 0 radical (unpaired) electrons. The van der Waals surface area contributed by atoms with Gasteiger partial charge in [0.2, 0.25) is 5.91 Å². The standard InChI is InChI=1S/C11H20N4O2/c1-3-9-6-10(15(2)14-9)7-13-4-5-17-8-11(12)16/h6,13H,3-5,7-8H2,1-2H3,(H2,12,16). The minimum Gasteiger partial charge on any atom is -0.370 e. The van der Waals surface area contributed by atoms with E-state index in [9.17, 15) is 4.79 Å². The lowest BCUT2D eigenvalue weighted by Crippen LogP contribution is -2.24. The van der Waals surface area contributed by atoms with Crippen LogP contribution in [0.4, 0.5) is 0 Å². The van der Waals surface area contributed by atoms with Crippen LogP contribution in [0, 0.1) is 0 Å². The number of carbonyl (C=O) groups excluding carboxylic acids is 1. The Kier molecular flexibility index (Phi) is 5.65. The zero-order chi connectivity index (χ0) is 12.7. The summed E-state index contributed by atoms with van der Waals surface area (Å²) in [6, 6.07) is 2.08. The average molecular weight is 240 g/mol. The predicted octanol–water partition coefficient (Wildman–Crippen LogP) is -0.426. The summed E-state index contributed by atoms with van der Waals surface area (Å²) in [5.74, 6) is -0.441. The smallest absolute Gasteiger partial charge is 0.243 e. The van der Waals surface area contributed by atoms with E-state index in [4.69, 9.17) is 10.5 Å². The Bertz CT molecular complexity index is 362. The number of nitrogens with zero attached hydrogens (tertiary/aromatic N) is 2. The fourth-order valence-corrected chi connectivity index (χ4v) is 1.44. The molecule has 6 heteroatoms. The Hall–Kier alpha value is -1.40. The molecule has 0 bridgehead atoms. The molecule has 0 aliphatic carbocycles. The summed E-state index contributed by atoms with van der Waals surface area (Å²) in [6.07, 6.45) is 0.940. The van der Waals surface area contributed by atoms with E-state index in [0.717, 1.165) is 24.4 Å². The van der Waals surface area contributed by atoms with Crippen molar-refractivity contribution in [1.82, 2.24) is 15.1 Å². The van der Waals surface area contributed by atoms with Crippen LogP contribution in [0.25, 0.3) is 0 Å². The largest absolute Gasteiger partial charge is 0.370 e. The zero-order valence-electron chi connectivity index (χ0n) is 10.4. The summed E-state index contributed by atoms with van der Waals surface area (Å²) in [6.45, 7) is 3.95. The molecule has 1 rings (SSSR count). The molecule has 0 aliphatic heterocycles. The quantitative estimate of drug-likeness (QED) is 0.604. The van der Waals surface area contributed by atoms with Gasteiger partial charge in [-0.2, -0.15) is 5.10 Å². The van der Waals surface area contributed by atoms with Crippen LogP contribution in [0.15, 0.2) is 6.07 Å². The molecule has 0 aromatic carbocycles. The van der Waals surface area contributed by atoms with Gasteiger partial charge in [0, 0.05) is 20.1 Å². The summed E-state index contributed by atoms with van der Waals surface area (Å²) < 4.78 is 6.90. The average Bonchev–Trinajstić information content (AvgIpc) is 2.64. The maximum atomic E-state index is 10.4. The van der Waals surface area contributed by atoms with Gasteiger partial charge in [0.1, 0.15) is 6.61 Å². The van der Waals surface area contributed by atoms with E-state index in [2.05, 4.69) is 23.4 Å². The highest BCUT2D eigenvalue weighted by Gasteiger charge is 2.02. The molecule has 1 aromatic rings. The topological polar surface area (TPSA) is 82.2 Å². The molecule has 0 saturated heterocycles. The summed E-state index contributed by atoms with van der Waals surface area (Å²) in [5.41, 5.74) is 7.17. The van der Waals surface area contributed by atoms with Crippen LogP contribution in [0.1, 0.15) is 18.3 Å². The van der Waals surface area contributed by atoms with E-state index in [-0.39, 0.29) is 6.61 Å². The Balaban J connectivity index is 2.17. The van der Waals surface area contributed by atoms with Gasteiger partial charge in [-0.3, -0.25) is 9.48 Å². The van der Waals surface area contributed by atoms with Crippen molar-refractivity contribution >= 4 is 5.91 Å². The SMILES string of the molecule is CCc1cc(CNCCOCC(N)=O)n(C)n1. The molecule has 1 amide bonds. The van der Waals surface area contributed by atoms with Gasteiger partial charge >= 0.3 is 0 Å². The van der Waals surface area contributed by atoms with Crippen molar-refractivity contribution in [2.45, 2.75) is 19.9 Å². The highest BCUT2D eigenvalue weighted by Crippen LogP contribution is 2.02. The highest BCUT2D eigenvalue weighted by molar-refractivity contribution is 5.74. The van der Waals surface area contributed by atoms with E-state index in [1.807, 2.05) is 11.7 Å². The van der Waals surface area contributed by atoms with Crippen LogP contribution in [-0.4, -0.2) is 35.4 Å². The molecule has 0 saturated carbocycles. The molecule has 0 atom stereocenters. The second-order valence-electron chi connectivity index (χ2n) is 3.80. The van der Waals surface area contributed by atoms with Crippen molar-refractivity contribution < 1.29 is 9.53 Å². The molecule has 17 heavy (non-hydrogen) atoms. The van der Waals surface area contributed by atoms with E-state index in [1.54, 1.807) is 0 Å². The van der Waals surface area contributed by atoms with Crippen LogP contribution in [-0.2, 0) is 29.5 Å². The first-order valence-corrected chi connectivity index (χ1v) is 5.72. The van der Waals surface area contributed by atoms with Crippen molar-refractivity contribution in [1.29, 1.82) is 0 Å². The lowest BCUT2D eigenvalue weighted by molar-refractivity contribution is -0.122. The van der Waals surface area contributed by atoms with Gasteiger partial charge in [-0.05, 0) is 12.5 Å². The number of ether oxygens (including phenoxy) is 1. The molecule has 96 valence electrons. The van der Waals surface area contributed by atoms with Crippen molar-refractivity contribution in [3.05, 3.63) is 17.5 Å². The summed E-state index contributed by atoms with van der Waals surface area (Å²) in [4.78, 5) is 10.4. The second-order valence-corrected chi connectivity index (χ2v) is 3.80. The molecule has 1 heterocycles. The fourth-order valence-electron chi connectivity index (χ4n) is 1.44. The van der Waals surface area contributed by atoms with Crippen LogP contribution in [0.3, 0.4) is 0 Å². The number of carbonyl (C=O) groups is 1. The Morgan fingerprint density at radius 1 is 1.65 bits per heavy atom. The van der Waals surface area contributed by atoms with Gasteiger partial charge in [-0.1, -0.05) is 6.92 Å². The van der Waals surface area contributed by atoms with E-state index in [0.29, 0.717) is 13.2 Å². The lowest BCUT2D eigenvalue weighted by atomic mass is 10.3. The number of rotatable bonds is 8. The Morgan fingerprint density at radius 2 is 2.41 bits per heavy atom. The van der Waals surface area contributed by atoms with Gasteiger partial charge in [0.15, 0.2) is 0 Å². The van der Waals surface area contributed by atoms with Crippen LogP contribution >= 0.6 is 0 Å². The predicted molar refractivity (Wildman–Crippen MR) is 64.3 cm³/mol. The Labute approximate surface area is 101 Å². The first kappa shape index (κ1) is 13.7. The van der Waals surface area contributed by atoms with Crippen molar-refractivity contribution in [3.8, 4) is 0 Å². The van der Waals surface area contributed by atoms with Gasteiger partial charge in [0.05, 0.1) is 18.0 Å². The van der Waals surface area contributed by atoms with E-state index < -0.39 is 5.91 Å². The number of nitrogens with one attached hydrogen (secondary N) is 1. The molecular formula is C11H20N4O2. The maximum absolute atomic E-state index is 10.4. The minimum atomic E-state index is -0.441. The third kappa shape index (κ3) is 4.97. The van der Waals surface area contributed by atoms with Crippen LogP contribution < -0.4 is 11.1 Å². The van der Waals surface area contributed by atoms with Crippen molar-refractivity contribution in [3.63, 3.8) is 0 Å². The lowest BCUT2D eigenvalue weighted by Gasteiger charge is -2.05. The second kappa shape index (κ2) is 7.03. The number of hydrogen-bond acceptors (Lipinski definition) is 4. The minimum absolute atomic E-state index is 0.0205. The first-order chi connectivity index (χ1) is 8.13. The summed E-state index contributed by atoms with van der Waals surface area (Å²) in [7, 11) is 1.93. The third-order valence-electron chi connectivity index (χ3n) is 2.36. The van der Waals surface area contributed by atoms with Crippen molar-refractivity contribution in [2.24, 2.45) is 12.8 Å². The normalized spacial score (nSPS) is 10.7. The van der Waals surface area contributed by atoms with Crippen molar-refractivity contribution in [2.75, 3.05) is 19.8 Å². The molecule has 1 aromatic heterocycles. The van der Waals surface area contributed by atoms with Gasteiger partial charge in [0.25, 0.3) is 0 Å². The molecule has 0 unspecified atom stereocenters. The molecule has 0 spiro atoms. The summed E-state index contributed by atoms with van der Waals surface area (Å²) in [5, 5.41) is 7.57. The maximum Gasteiger partial charge on any atom is 0.243 e. The highest BCUT2D eigenvalue weighted by atomic mass is 16.5. The number of hydrogen-bond donors (Lipinski definition) is 2. The molecular weight excluding hydrogens is 220 g/mol. The number of primary amides is 1. The molecule has 6 nitrogen and oxygen atoms in total. The number of aromatic nitrogens is 2. The monoisotopic (exact) mass is 240 g/mol. The van der Waals surface area contributed by atoms with E-state index in [1.165, 1.54) is 0 Å². The first-order valence-electron chi connectivity index (χ1n) is 5.72. The van der Waals surface area contributed by atoms with Gasteiger partial charge in [-0.25, -0.2) is 0 Å². The zero-order valence-corrected chi connectivity index (χ0v) is 10.4. The third-order valence-corrected chi connectivity index (χ3v) is 2.36. The number of aryl methyl sites for hydroxylation is 2. The molecule has 3 N–H and O–H groups in total.